The van der Waals surface area contributed by atoms with Gasteiger partial charge in [-0.05, 0) is 71.5 Å². The van der Waals surface area contributed by atoms with Gasteiger partial charge >= 0.3 is 0 Å². The molecular weight excluding hydrogens is 246 g/mol. The average Bonchev–Trinajstić information content (AvgIpc) is 2.50. The summed E-state index contributed by atoms with van der Waals surface area (Å²) in [6.45, 7) is 5.75. The minimum absolute atomic E-state index is 0.298. The molecule has 0 aromatic carbocycles. The van der Waals surface area contributed by atoms with E-state index in [1.165, 1.54) is 64.5 Å². The highest BCUT2D eigenvalue weighted by molar-refractivity contribution is 5.03. The SMILES string of the molecule is CC1CC(CN)(N2CCCC3CCCCC32)CCN1C. The first kappa shape index (κ1) is 14.8. The molecule has 4 unspecified atom stereocenters. The van der Waals surface area contributed by atoms with Gasteiger partial charge in [-0.3, -0.25) is 4.90 Å². The van der Waals surface area contributed by atoms with Crippen LogP contribution in [-0.4, -0.2) is 54.1 Å². The molecule has 3 rings (SSSR count). The van der Waals surface area contributed by atoms with Gasteiger partial charge in [0.2, 0.25) is 0 Å². The van der Waals surface area contributed by atoms with Gasteiger partial charge < -0.3 is 10.6 Å². The molecule has 3 heteroatoms. The van der Waals surface area contributed by atoms with E-state index in [4.69, 9.17) is 5.73 Å². The van der Waals surface area contributed by atoms with E-state index >= 15 is 0 Å². The molecule has 20 heavy (non-hydrogen) atoms. The van der Waals surface area contributed by atoms with Crippen LogP contribution in [0.2, 0.25) is 0 Å². The van der Waals surface area contributed by atoms with E-state index in [9.17, 15) is 0 Å². The lowest BCUT2D eigenvalue weighted by Crippen LogP contribution is -2.66. The normalized spacial score (nSPS) is 44.2. The number of hydrogen-bond acceptors (Lipinski definition) is 3. The van der Waals surface area contributed by atoms with Crippen molar-refractivity contribution in [1.29, 1.82) is 0 Å². The molecule has 2 saturated heterocycles. The molecule has 0 amide bonds. The highest BCUT2D eigenvalue weighted by atomic mass is 15.3. The highest BCUT2D eigenvalue weighted by Crippen LogP contribution is 2.42. The molecule has 0 radical (unpaired) electrons. The molecule has 116 valence electrons. The van der Waals surface area contributed by atoms with Gasteiger partial charge in [-0.25, -0.2) is 0 Å². The minimum Gasteiger partial charge on any atom is -0.329 e. The average molecular weight is 279 g/mol. The van der Waals surface area contributed by atoms with Crippen molar-refractivity contribution in [2.45, 2.75) is 75.9 Å². The Hall–Kier alpha value is -0.120. The van der Waals surface area contributed by atoms with Crippen LogP contribution >= 0.6 is 0 Å². The van der Waals surface area contributed by atoms with Crippen LogP contribution in [0.25, 0.3) is 0 Å². The number of hydrogen-bond donors (Lipinski definition) is 1. The van der Waals surface area contributed by atoms with Crippen LogP contribution in [0, 0.1) is 5.92 Å². The maximum absolute atomic E-state index is 6.34. The molecule has 2 heterocycles. The van der Waals surface area contributed by atoms with Crippen molar-refractivity contribution in [3.8, 4) is 0 Å². The quantitative estimate of drug-likeness (QED) is 0.843. The third kappa shape index (κ3) is 2.53. The summed E-state index contributed by atoms with van der Waals surface area (Å²) in [5.41, 5.74) is 6.64. The lowest BCUT2D eigenvalue weighted by atomic mass is 9.73. The summed E-state index contributed by atoms with van der Waals surface area (Å²) in [7, 11) is 2.27. The predicted octanol–water partition coefficient (Wildman–Crippen LogP) is 2.45. The lowest BCUT2D eigenvalue weighted by molar-refractivity contribution is -0.0624. The molecular formula is C17H33N3. The molecule has 2 aliphatic heterocycles. The molecule has 3 aliphatic rings. The lowest BCUT2D eigenvalue weighted by Gasteiger charge is -2.57. The number of nitrogens with zero attached hydrogens (tertiary/aromatic N) is 2. The van der Waals surface area contributed by atoms with Gasteiger partial charge in [-0.15, -0.1) is 0 Å². The van der Waals surface area contributed by atoms with E-state index in [-0.39, 0.29) is 0 Å². The standard InChI is InChI=1S/C17H33N3/c1-14-12-17(13-18,9-11-19(14)2)20-10-5-7-15-6-3-4-8-16(15)20/h14-16H,3-13,18H2,1-2H3. The van der Waals surface area contributed by atoms with Crippen LogP contribution in [0.3, 0.4) is 0 Å². The number of piperidine rings is 2. The van der Waals surface area contributed by atoms with Crippen molar-refractivity contribution in [3.63, 3.8) is 0 Å². The van der Waals surface area contributed by atoms with Gasteiger partial charge in [-0.2, -0.15) is 0 Å². The van der Waals surface area contributed by atoms with Crippen LogP contribution in [0.1, 0.15) is 58.3 Å². The molecule has 3 nitrogen and oxygen atoms in total. The fraction of sp³-hybridized carbons (Fsp3) is 1.00. The molecule has 3 fully saturated rings. The first-order valence-corrected chi connectivity index (χ1v) is 8.83. The van der Waals surface area contributed by atoms with Crippen LogP contribution in [0.15, 0.2) is 0 Å². The van der Waals surface area contributed by atoms with E-state index in [0.717, 1.165) is 18.5 Å². The molecule has 1 saturated carbocycles. The fourth-order valence-electron chi connectivity index (χ4n) is 5.19. The number of fused-ring (bicyclic) bond motifs is 1. The Labute approximate surface area is 124 Å². The summed E-state index contributed by atoms with van der Waals surface area (Å²) in [5, 5.41) is 0. The Balaban J connectivity index is 1.80. The van der Waals surface area contributed by atoms with E-state index in [1.807, 2.05) is 0 Å². The Kier molecular flexibility index (Phi) is 4.40. The van der Waals surface area contributed by atoms with Gasteiger partial charge in [0.25, 0.3) is 0 Å². The fourth-order valence-corrected chi connectivity index (χ4v) is 5.19. The van der Waals surface area contributed by atoms with Crippen LogP contribution in [0.4, 0.5) is 0 Å². The van der Waals surface area contributed by atoms with E-state index < -0.39 is 0 Å². The number of nitrogens with two attached hydrogens (primary N) is 1. The minimum atomic E-state index is 0.298. The molecule has 4 atom stereocenters. The Bertz CT molecular complexity index is 330. The highest BCUT2D eigenvalue weighted by Gasteiger charge is 2.46. The van der Waals surface area contributed by atoms with Crippen molar-refractivity contribution < 1.29 is 0 Å². The largest absolute Gasteiger partial charge is 0.329 e. The first-order chi connectivity index (χ1) is 9.66. The zero-order chi connectivity index (χ0) is 14.2. The third-order valence-corrected chi connectivity index (χ3v) is 6.59. The van der Waals surface area contributed by atoms with Crippen LogP contribution in [-0.2, 0) is 0 Å². The van der Waals surface area contributed by atoms with Crippen LogP contribution in [0.5, 0.6) is 0 Å². The van der Waals surface area contributed by atoms with Crippen molar-refractivity contribution in [2.24, 2.45) is 11.7 Å². The van der Waals surface area contributed by atoms with Crippen molar-refractivity contribution in [3.05, 3.63) is 0 Å². The molecule has 0 aromatic rings. The summed E-state index contributed by atoms with van der Waals surface area (Å²) in [5.74, 6) is 0.968. The first-order valence-electron chi connectivity index (χ1n) is 8.83. The third-order valence-electron chi connectivity index (χ3n) is 6.59. The van der Waals surface area contributed by atoms with Gasteiger partial charge in [0.15, 0.2) is 0 Å². The van der Waals surface area contributed by atoms with Crippen molar-refractivity contribution in [2.75, 3.05) is 26.7 Å². The second-order valence-electron chi connectivity index (χ2n) is 7.66. The second kappa shape index (κ2) is 5.94. The summed E-state index contributed by atoms with van der Waals surface area (Å²) in [6.07, 6.45) is 11.2. The molecule has 0 bridgehead atoms. The maximum Gasteiger partial charge on any atom is 0.0361 e. The van der Waals surface area contributed by atoms with Crippen LogP contribution < -0.4 is 5.73 Å². The van der Waals surface area contributed by atoms with Gasteiger partial charge in [-0.1, -0.05) is 12.8 Å². The maximum atomic E-state index is 6.34. The summed E-state index contributed by atoms with van der Waals surface area (Å²) >= 11 is 0. The number of rotatable bonds is 2. The second-order valence-corrected chi connectivity index (χ2v) is 7.66. The molecule has 2 N–H and O–H groups in total. The number of likely N-dealkylation sites (tertiary alicyclic amines) is 2. The predicted molar refractivity (Wildman–Crippen MR) is 84.8 cm³/mol. The summed E-state index contributed by atoms with van der Waals surface area (Å²) in [6, 6.07) is 1.52. The Morgan fingerprint density at radius 3 is 2.60 bits per heavy atom. The van der Waals surface area contributed by atoms with Gasteiger partial charge in [0.05, 0.1) is 0 Å². The van der Waals surface area contributed by atoms with E-state index in [1.54, 1.807) is 0 Å². The van der Waals surface area contributed by atoms with Gasteiger partial charge in [0.1, 0.15) is 0 Å². The molecule has 0 aromatic heterocycles. The summed E-state index contributed by atoms with van der Waals surface area (Å²) < 4.78 is 0. The smallest absolute Gasteiger partial charge is 0.0361 e. The zero-order valence-electron chi connectivity index (χ0n) is 13.5. The summed E-state index contributed by atoms with van der Waals surface area (Å²) in [4.78, 5) is 5.40. The van der Waals surface area contributed by atoms with E-state index in [0.29, 0.717) is 11.6 Å². The topological polar surface area (TPSA) is 32.5 Å². The zero-order valence-corrected chi connectivity index (χ0v) is 13.5. The van der Waals surface area contributed by atoms with Crippen molar-refractivity contribution >= 4 is 0 Å². The van der Waals surface area contributed by atoms with E-state index in [2.05, 4.69) is 23.8 Å². The molecule has 0 spiro atoms. The monoisotopic (exact) mass is 279 g/mol. The Morgan fingerprint density at radius 1 is 1.10 bits per heavy atom. The van der Waals surface area contributed by atoms with Gasteiger partial charge in [0, 0.05) is 24.2 Å². The van der Waals surface area contributed by atoms with Crippen molar-refractivity contribution in [1.82, 2.24) is 9.80 Å². The Morgan fingerprint density at radius 2 is 1.85 bits per heavy atom. The molecule has 1 aliphatic carbocycles.